The van der Waals surface area contributed by atoms with E-state index in [9.17, 15) is 18.0 Å². The smallest absolute Gasteiger partial charge is 0.224 e. The van der Waals surface area contributed by atoms with Crippen LogP contribution in [0.4, 0.5) is 13.2 Å². The highest BCUT2D eigenvalue weighted by molar-refractivity contribution is 5.77. The number of carbonyl (C=O) groups is 1. The molecule has 1 aliphatic heterocycles. The summed E-state index contributed by atoms with van der Waals surface area (Å²) in [4.78, 5) is 18.6. The van der Waals surface area contributed by atoms with E-state index in [1.807, 2.05) is 6.07 Å². The number of hydrogen-bond acceptors (Lipinski definition) is 6. The summed E-state index contributed by atoms with van der Waals surface area (Å²) in [6.45, 7) is 1.05. The van der Waals surface area contributed by atoms with E-state index in [1.54, 1.807) is 21.7 Å². The van der Waals surface area contributed by atoms with Gasteiger partial charge in [0, 0.05) is 31.3 Å². The number of carbonyl (C=O) groups excluding carboxylic acids is 1. The quantitative estimate of drug-likeness (QED) is 0.606. The zero-order chi connectivity index (χ0) is 22.8. The van der Waals surface area contributed by atoms with E-state index >= 15 is 0 Å². The third-order valence-corrected chi connectivity index (χ3v) is 5.26. The Balaban J connectivity index is 1.44. The lowest BCUT2D eigenvalue weighted by molar-refractivity contribution is -0.133. The van der Waals surface area contributed by atoms with Crippen LogP contribution in [0.25, 0.3) is 11.4 Å². The molecule has 1 aliphatic rings. The molecule has 3 heterocycles. The van der Waals surface area contributed by atoms with Gasteiger partial charge >= 0.3 is 0 Å². The monoisotopic (exact) mass is 441 g/mol. The third kappa shape index (κ3) is 4.31. The summed E-state index contributed by atoms with van der Waals surface area (Å²) in [5, 5.41) is 17.2. The number of hydrogen-bond donors (Lipinski definition) is 1. The summed E-state index contributed by atoms with van der Waals surface area (Å²) < 4.78 is 42.1. The van der Waals surface area contributed by atoms with Crippen LogP contribution in [0.5, 0.6) is 0 Å². The first-order chi connectivity index (χ1) is 15.4. The van der Waals surface area contributed by atoms with Gasteiger partial charge in [-0.15, -0.1) is 5.10 Å². The van der Waals surface area contributed by atoms with Crippen LogP contribution in [-0.2, 0) is 24.3 Å². The molecule has 1 atom stereocenters. The fourth-order valence-corrected chi connectivity index (χ4v) is 3.58. The molecule has 0 saturated carbocycles. The molecule has 1 amide bonds. The Labute approximate surface area is 181 Å². The summed E-state index contributed by atoms with van der Waals surface area (Å²) in [6.07, 6.45) is 1.23. The Morgan fingerprint density at radius 2 is 1.97 bits per heavy atom. The van der Waals surface area contributed by atoms with Gasteiger partial charge in [0.15, 0.2) is 11.6 Å². The van der Waals surface area contributed by atoms with Crippen LogP contribution in [0.15, 0.2) is 30.5 Å². The van der Waals surface area contributed by atoms with Crippen molar-refractivity contribution >= 4 is 5.91 Å². The lowest BCUT2D eigenvalue weighted by Crippen LogP contribution is -2.41. The molecule has 8 nitrogen and oxygen atoms in total. The summed E-state index contributed by atoms with van der Waals surface area (Å²) in [5.74, 6) is -3.60. The largest absolute Gasteiger partial charge is 0.335 e. The highest BCUT2D eigenvalue weighted by Gasteiger charge is 2.27. The van der Waals surface area contributed by atoms with Gasteiger partial charge in [-0.05, 0) is 30.2 Å². The van der Waals surface area contributed by atoms with E-state index in [1.165, 1.54) is 6.20 Å². The maximum Gasteiger partial charge on any atom is 0.224 e. The van der Waals surface area contributed by atoms with E-state index in [0.717, 1.165) is 6.07 Å². The maximum atomic E-state index is 13.9. The number of pyridine rings is 1. The SMILES string of the molecule is N#Cc1ccc(-c2nnn3c2CN(C(=O)C[C@H](N)Cc2cc(F)c(F)cc2F)CC3)nc1. The van der Waals surface area contributed by atoms with Crippen LogP contribution in [0, 0.1) is 28.8 Å². The van der Waals surface area contributed by atoms with Crippen LogP contribution >= 0.6 is 0 Å². The van der Waals surface area contributed by atoms with Gasteiger partial charge in [-0.25, -0.2) is 17.9 Å². The predicted molar refractivity (Wildman–Crippen MR) is 106 cm³/mol. The van der Waals surface area contributed by atoms with Gasteiger partial charge in [0.1, 0.15) is 17.6 Å². The second-order valence-corrected chi connectivity index (χ2v) is 7.49. The number of benzene rings is 1. The molecule has 4 rings (SSSR count). The molecule has 0 spiro atoms. The van der Waals surface area contributed by atoms with Crippen molar-refractivity contribution in [3.8, 4) is 17.5 Å². The van der Waals surface area contributed by atoms with Gasteiger partial charge in [-0.3, -0.25) is 9.78 Å². The van der Waals surface area contributed by atoms with Crippen molar-refractivity contribution in [2.24, 2.45) is 5.73 Å². The standard InChI is InChI=1S/C21H18F3N7O/c22-15-8-17(24)16(23)6-13(15)5-14(26)7-20(32)30-3-4-31-19(11-30)21(28-29-31)18-2-1-12(9-25)10-27-18/h1-2,6,8,10,14H,3-5,7,11,26H2/t14-/m1/s1. The Kier molecular flexibility index (Phi) is 5.87. The second-order valence-electron chi connectivity index (χ2n) is 7.49. The molecule has 1 aromatic carbocycles. The zero-order valence-corrected chi connectivity index (χ0v) is 16.8. The van der Waals surface area contributed by atoms with Crippen molar-refractivity contribution in [3.05, 3.63) is 64.7 Å². The van der Waals surface area contributed by atoms with Crippen LogP contribution in [0.3, 0.4) is 0 Å². The van der Waals surface area contributed by atoms with Gasteiger partial charge in [-0.2, -0.15) is 5.26 Å². The van der Waals surface area contributed by atoms with E-state index in [2.05, 4.69) is 15.3 Å². The molecular weight excluding hydrogens is 423 g/mol. The van der Waals surface area contributed by atoms with Crippen LogP contribution < -0.4 is 5.73 Å². The second kappa shape index (κ2) is 8.76. The molecule has 3 aromatic rings. The Bertz CT molecular complexity index is 1200. The van der Waals surface area contributed by atoms with E-state index in [-0.39, 0.29) is 30.9 Å². The lowest BCUT2D eigenvalue weighted by Gasteiger charge is -2.28. The maximum absolute atomic E-state index is 13.9. The summed E-state index contributed by atoms with van der Waals surface area (Å²) in [7, 11) is 0. The highest BCUT2D eigenvalue weighted by Crippen LogP contribution is 2.24. The van der Waals surface area contributed by atoms with Crippen molar-refractivity contribution in [2.75, 3.05) is 6.54 Å². The fourth-order valence-electron chi connectivity index (χ4n) is 3.58. The van der Waals surface area contributed by atoms with Crippen molar-refractivity contribution < 1.29 is 18.0 Å². The van der Waals surface area contributed by atoms with Crippen LogP contribution in [0.2, 0.25) is 0 Å². The topological polar surface area (TPSA) is 114 Å². The first kappa shape index (κ1) is 21.5. The molecule has 0 saturated heterocycles. The number of amides is 1. The van der Waals surface area contributed by atoms with Crippen molar-refractivity contribution in [1.82, 2.24) is 24.9 Å². The average molecular weight is 441 g/mol. The summed E-state index contributed by atoms with van der Waals surface area (Å²) in [6, 6.07) is 5.74. The highest BCUT2D eigenvalue weighted by atomic mass is 19.2. The minimum atomic E-state index is -1.28. The van der Waals surface area contributed by atoms with Gasteiger partial charge < -0.3 is 10.6 Å². The Morgan fingerprint density at radius 1 is 1.19 bits per heavy atom. The number of halogens is 3. The van der Waals surface area contributed by atoms with Crippen LogP contribution in [0.1, 0.15) is 23.2 Å². The molecule has 0 radical (unpaired) electrons. The number of rotatable bonds is 5. The Morgan fingerprint density at radius 3 is 2.69 bits per heavy atom. The zero-order valence-electron chi connectivity index (χ0n) is 16.8. The molecule has 32 heavy (non-hydrogen) atoms. The average Bonchev–Trinajstić information content (AvgIpc) is 3.20. The predicted octanol–water partition coefficient (Wildman–Crippen LogP) is 1.93. The molecule has 164 valence electrons. The van der Waals surface area contributed by atoms with Gasteiger partial charge in [0.2, 0.25) is 5.91 Å². The van der Waals surface area contributed by atoms with Crippen molar-refractivity contribution in [1.29, 1.82) is 5.26 Å². The molecule has 2 aromatic heterocycles. The molecule has 2 N–H and O–H groups in total. The first-order valence-electron chi connectivity index (χ1n) is 9.81. The normalized spacial score (nSPS) is 14.0. The minimum absolute atomic E-state index is 0.0840. The molecule has 0 bridgehead atoms. The van der Waals surface area contributed by atoms with Crippen LogP contribution in [-0.4, -0.2) is 43.4 Å². The van der Waals surface area contributed by atoms with Gasteiger partial charge in [0.25, 0.3) is 0 Å². The number of fused-ring (bicyclic) bond motifs is 1. The minimum Gasteiger partial charge on any atom is -0.335 e. The molecule has 11 heteroatoms. The van der Waals surface area contributed by atoms with E-state index in [0.29, 0.717) is 41.8 Å². The van der Waals surface area contributed by atoms with Gasteiger partial charge in [0.05, 0.1) is 30.0 Å². The molecule has 0 unspecified atom stereocenters. The third-order valence-electron chi connectivity index (χ3n) is 5.26. The molecule has 0 fully saturated rings. The first-order valence-corrected chi connectivity index (χ1v) is 9.81. The number of nitrogens with two attached hydrogens (primary N) is 1. The number of aromatic nitrogens is 4. The number of nitrogens with zero attached hydrogens (tertiary/aromatic N) is 6. The van der Waals surface area contributed by atoms with Gasteiger partial charge in [-0.1, -0.05) is 5.21 Å². The fraction of sp³-hybridized carbons (Fsp3) is 0.286. The summed E-state index contributed by atoms with van der Waals surface area (Å²) in [5.41, 5.74) is 8.07. The summed E-state index contributed by atoms with van der Waals surface area (Å²) >= 11 is 0. The lowest BCUT2D eigenvalue weighted by atomic mass is 10.0. The molecular formula is C21H18F3N7O. The van der Waals surface area contributed by atoms with E-state index < -0.39 is 23.5 Å². The van der Waals surface area contributed by atoms with Crippen molar-refractivity contribution in [2.45, 2.75) is 32.0 Å². The van der Waals surface area contributed by atoms with Crippen molar-refractivity contribution in [3.63, 3.8) is 0 Å². The Hall–Kier alpha value is -3.78. The molecule has 0 aliphatic carbocycles. The number of nitriles is 1. The van der Waals surface area contributed by atoms with E-state index in [4.69, 9.17) is 11.0 Å².